The number of rotatable bonds is 5. The van der Waals surface area contributed by atoms with E-state index in [1.165, 1.54) is 16.2 Å². The van der Waals surface area contributed by atoms with Crippen LogP contribution in [0.2, 0.25) is 0 Å². The van der Waals surface area contributed by atoms with Gasteiger partial charge in [0.05, 0.1) is 28.9 Å². The molecule has 0 spiro atoms. The fraction of sp³-hybridized carbons (Fsp3) is 0.207. The van der Waals surface area contributed by atoms with Gasteiger partial charge in [-0.15, -0.1) is 0 Å². The first kappa shape index (κ1) is 24.0. The lowest BCUT2D eigenvalue weighted by Gasteiger charge is -2.23. The number of methoxy groups -OCH3 is 1. The predicted octanol–water partition coefficient (Wildman–Crippen LogP) is 5.26. The molecule has 1 saturated heterocycles. The number of nitrogens with zero attached hydrogens (tertiary/aromatic N) is 2. The summed E-state index contributed by atoms with van der Waals surface area (Å²) in [6.45, 7) is 2.87. The van der Waals surface area contributed by atoms with Gasteiger partial charge in [-0.25, -0.2) is 4.98 Å². The van der Waals surface area contributed by atoms with Gasteiger partial charge in [-0.3, -0.25) is 14.5 Å². The largest absolute Gasteiger partial charge is 0.507 e. The van der Waals surface area contributed by atoms with Crippen LogP contribution in [-0.2, 0) is 16.0 Å². The highest BCUT2D eigenvalue weighted by molar-refractivity contribution is 7.22. The summed E-state index contributed by atoms with van der Waals surface area (Å²) in [6, 6.07) is 17.2. The van der Waals surface area contributed by atoms with Crippen molar-refractivity contribution in [1.29, 1.82) is 0 Å². The van der Waals surface area contributed by atoms with Crippen LogP contribution in [0.4, 0.5) is 5.13 Å². The van der Waals surface area contributed by atoms with Crippen LogP contribution in [-0.4, -0.2) is 42.1 Å². The molecule has 1 amide bonds. The van der Waals surface area contributed by atoms with E-state index in [0.717, 1.165) is 16.7 Å². The SMILES string of the molecule is CCc1ccc([C@@H]2/C(=C(\O)c3ccc4c(c3)OCCO4)C(=O)C(=O)N2c2nc3ccc(OC)cc3s2)cc1. The summed E-state index contributed by atoms with van der Waals surface area (Å²) in [4.78, 5) is 33.1. The Kier molecular flexibility index (Phi) is 6.00. The van der Waals surface area contributed by atoms with E-state index in [2.05, 4.69) is 11.9 Å². The van der Waals surface area contributed by atoms with Crippen molar-refractivity contribution in [2.24, 2.45) is 0 Å². The summed E-state index contributed by atoms with van der Waals surface area (Å²) in [7, 11) is 1.58. The maximum Gasteiger partial charge on any atom is 0.301 e. The smallest absolute Gasteiger partial charge is 0.301 e. The molecule has 8 nitrogen and oxygen atoms in total. The number of carbonyl (C=O) groups excluding carboxylic acids is 2. The van der Waals surface area contributed by atoms with Gasteiger partial charge in [0.1, 0.15) is 24.7 Å². The number of ketones is 1. The average Bonchev–Trinajstić information content (AvgIpc) is 3.49. The van der Waals surface area contributed by atoms with E-state index in [-0.39, 0.29) is 11.3 Å². The van der Waals surface area contributed by atoms with Crippen molar-refractivity contribution in [2.75, 3.05) is 25.2 Å². The van der Waals surface area contributed by atoms with Gasteiger partial charge in [-0.1, -0.05) is 42.5 Å². The highest BCUT2D eigenvalue weighted by Gasteiger charge is 2.48. The third-order valence-electron chi connectivity index (χ3n) is 6.75. The van der Waals surface area contributed by atoms with E-state index in [1.54, 1.807) is 31.4 Å². The molecule has 192 valence electrons. The molecule has 0 unspecified atom stereocenters. The predicted molar refractivity (Wildman–Crippen MR) is 144 cm³/mol. The van der Waals surface area contributed by atoms with E-state index in [9.17, 15) is 14.7 Å². The number of carbonyl (C=O) groups is 2. The Bertz CT molecular complexity index is 1610. The van der Waals surface area contributed by atoms with Gasteiger partial charge >= 0.3 is 5.91 Å². The first-order valence-corrected chi connectivity index (χ1v) is 13.0. The number of thiazole rings is 1. The fourth-order valence-electron chi connectivity index (χ4n) is 4.75. The Morgan fingerprint density at radius 3 is 2.55 bits per heavy atom. The van der Waals surface area contributed by atoms with Crippen LogP contribution in [0.15, 0.2) is 66.2 Å². The Labute approximate surface area is 222 Å². The maximum absolute atomic E-state index is 13.5. The van der Waals surface area contributed by atoms with Gasteiger partial charge in [0.25, 0.3) is 5.78 Å². The second kappa shape index (κ2) is 9.50. The number of hydrogen-bond acceptors (Lipinski definition) is 8. The Balaban J connectivity index is 1.52. The molecule has 1 aromatic heterocycles. The van der Waals surface area contributed by atoms with E-state index in [1.807, 2.05) is 36.4 Å². The number of benzene rings is 3. The number of amides is 1. The van der Waals surface area contributed by atoms with Gasteiger partial charge < -0.3 is 19.3 Å². The third-order valence-corrected chi connectivity index (χ3v) is 7.77. The monoisotopic (exact) mass is 528 g/mol. The number of anilines is 1. The second-order valence-electron chi connectivity index (χ2n) is 8.95. The van der Waals surface area contributed by atoms with Crippen LogP contribution in [0.1, 0.15) is 29.7 Å². The molecule has 1 fully saturated rings. The lowest BCUT2D eigenvalue weighted by atomic mass is 9.94. The van der Waals surface area contributed by atoms with Crippen LogP contribution in [0.5, 0.6) is 17.2 Å². The zero-order chi connectivity index (χ0) is 26.4. The van der Waals surface area contributed by atoms with Crippen molar-refractivity contribution in [2.45, 2.75) is 19.4 Å². The van der Waals surface area contributed by atoms with E-state index in [0.29, 0.717) is 52.2 Å². The topological polar surface area (TPSA) is 98.2 Å². The number of fused-ring (bicyclic) bond motifs is 2. The van der Waals surface area contributed by atoms with Gasteiger partial charge in [-0.05, 0) is 53.9 Å². The summed E-state index contributed by atoms with van der Waals surface area (Å²) in [5.41, 5.74) is 2.84. The molecule has 0 saturated carbocycles. The Morgan fingerprint density at radius 1 is 1.05 bits per heavy atom. The maximum atomic E-state index is 13.5. The van der Waals surface area contributed by atoms with Crippen molar-refractivity contribution >= 4 is 44.1 Å². The molecule has 2 aliphatic heterocycles. The normalized spacial score (nSPS) is 18.3. The summed E-state index contributed by atoms with van der Waals surface area (Å²) in [6.07, 6.45) is 0.845. The molecule has 9 heteroatoms. The third kappa shape index (κ3) is 3.95. The first-order chi connectivity index (χ1) is 18.5. The minimum atomic E-state index is -0.864. The summed E-state index contributed by atoms with van der Waals surface area (Å²) >= 11 is 1.29. The molecule has 6 rings (SSSR count). The number of aliphatic hydroxyl groups excluding tert-OH is 1. The zero-order valence-corrected chi connectivity index (χ0v) is 21.6. The molecule has 3 heterocycles. The number of aromatic nitrogens is 1. The number of hydrogen-bond donors (Lipinski definition) is 1. The number of aliphatic hydroxyl groups is 1. The highest BCUT2D eigenvalue weighted by Crippen LogP contribution is 2.45. The molecule has 3 aromatic carbocycles. The molecule has 0 bridgehead atoms. The number of Topliss-reactive ketones (excluding diaryl/α,β-unsaturated/α-hetero) is 1. The summed E-state index contributed by atoms with van der Waals surface area (Å²) in [5, 5.41) is 11.8. The van der Waals surface area contributed by atoms with Gasteiger partial charge in [0.15, 0.2) is 16.6 Å². The van der Waals surface area contributed by atoms with E-state index < -0.39 is 17.7 Å². The molecular formula is C29H24N2O6S. The first-order valence-electron chi connectivity index (χ1n) is 12.2. The molecular weight excluding hydrogens is 504 g/mol. The van der Waals surface area contributed by atoms with Crippen molar-refractivity contribution in [3.05, 3.63) is 82.9 Å². The fourth-order valence-corrected chi connectivity index (χ4v) is 5.77. The van der Waals surface area contributed by atoms with Crippen LogP contribution < -0.4 is 19.1 Å². The minimum Gasteiger partial charge on any atom is -0.507 e. The molecule has 1 atom stereocenters. The van der Waals surface area contributed by atoms with E-state index in [4.69, 9.17) is 14.2 Å². The second-order valence-corrected chi connectivity index (χ2v) is 9.96. The average molecular weight is 529 g/mol. The van der Waals surface area contributed by atoms with Crippen LogP contribution in [0, 0.1) is 0 Å². The summed E-state index contributed by atoms with van der Waals surface area (Å²) in [5.74, 6) is -0.114. The van der Waals surface area contributed by atoms with Crippen molar-refractivity contribution in [1.82, 2.24) is 4.98 Å². The lowest BCUT2D eigenvalue weighted by molar-refractivity contribution is -0.132. The number of ether oxygens (including phenoxy) is 3. The van der Waals surface area contributed by atoms with Crippen molar-refractivity contribution in [3.8, 4) is 17.2 Å². The molecule has 0 radical (unpaired) electrons. The van der Waals surface area contributed by atoms with Crippen LogP contribution >= 0.6 is 11.3 Å². The minimum absolute atomic E-state index is 0.00670. The molecule has 2 aliphatic rings. The van der Waals surface area contributed by atoms with Crippen LogP contribution in [0.25, 0.3) is 16.0 Å². The Hall–Kier alpha value is -4.37. The van der Waals surface area contributed by atoms with Crippen LogP contribution in [0.3, 0.4) is 0 Å². The van der Waals surface area contributed by atoms with Crippen molar-refractivity contribution < 1.29 is 28.9 Å². The quantitative estimate of drug-likeness (QED) is 0.214. The molecule has 38 heavy (non-hydrogen) atoms. The zero-order valence-electron chi connectivity index (χ0n) is 20.8. The highest BCUT2D eigenvalue weighted by atomic mass is 32.1. The van der Waals surface area contributed by atoms with Gasteiger partial charge in [0.2, 0.25) is 0 Å². The molecule has 4 aromatic rings. The van der Waals surface area contributed by atoms with E-state index >= 15 is 0 Å². The Morgan fingerprint density at radius 2 is 1.82 bits per heavy atom. The number of aryl methyl sites for hydroxylation is 1. The molecule has 1 N–H and O–H groups in total. The molecule has 0 aliphatic carbocycles. The van der Waals surface area contributed by atoms with Gasteiger partial charge in [-0.2, -0.15) is 0 Å². The standard InChI is InChI=1S/C29H24N2O6S/c1-3-16-4-6-17(7-5-16)25-24(26(32)18-8-11-21-22(14-18)37-13-12-36-21)27(33)28(34)31(25)29-30-20-10-9-19(35-2)15-23(20)38-29/h4-11,14-15,25,32H,3,12-13H2,1-2H3/b26-24+/t25-/m1/s1. The van der Waals surface area contributed by atoms with Crippen molar-refractivity contribution in [3.63, 3.8) is 0 Å². The lowest BCUT2D eigenvalue weighted by Crippen LogP contribution is -2.29. The van der Waals surface area contributed by atoms with Gasteiger partial charge in [0, 0.05) is 5.56 Å². The summed E-state index contributed by atoms with van der Waals surface area (Å²) < 4.78 is 17.4.